The van der Waals surface area contributed by atoms with E-state index in [9.17, 15) is 23.4 Å². The van der Waals surface area contributed by atoms with Crippen molar-refractivity contribution in [2.45, 2.75) is 24.2 Å². The maximum absolute atomic E-state index is 14.6. The maximum atomic E-state index is 14.6. The largest absolute Gasteiger partial charge is 0.609 e. The van der Waals surface area contributed by atoms with E-state index in [2.05, 4.69) is 15.1 Å². The van der Waals surface area contributed by atoms with Crippen LogP contribution in [-0.4, -0.2) is 67.9 Å². The molecular weight excluding hydrogens is 428 g/mol. The van der Waals surface area contributed by atoms with Gasteiger partial charge in [-0.3, -0.25) is 9.48 Å². The maximum Gasteiger partial charge on any atom is 0.344 e. The van der Waals surface area contributed by atoms with E-state index < -0.39 is 36.1 Å². The standard InChI is InChI=1S/C16H16ClF2N7O2S/c1-24(2)14(27)12-11(17)10-6-25(7-16(18,19)8-26(10)23-12)13-9(4-20)5-21-15(22-13)29(3)28/h5H,6-8H2,1-3H3. The molecule has 0 N–H and O–H groups in total. The number of hydrogen-bond donors (Lipinski definition) is 0. The quantitative estimate of drug-likeness (QED) is 0.518. The second-order valence-electron chi connectivity index (χ2n) is 6.63. The van der Waals surface area contributed by atoms with Gasteiger partial charge in [-0.15, -0.1) is 0 Å². The van der Waals surface area contributed by atoms with E-state index in [1.807, 2.05) is 6.07 Å². The summed E-state index contributed by atoms with van der Waals surface area (Å²) in [4.78, 5) is 22.6. The predicted octanol–water partition coefficient (Wildman–Crippen LogP) is 1.29. The Hall–Kier alpha value is -2.49. The molecule has 9 nitrogen and oxygen atoms in total. The number of carbonyl (C=O) groups is 1. The third-order valence-electron chi connectivity index (χ3n) is 4.17. The van der Waals surface area contributed by atoms with Gasteiger partial charge in [-0.2, -0.15) is 20.3 Å². The lowest BCUT2D eigenvalue weighted by Gasteiger charge is -2.25. The minimum Gasteiger partial charge on any atom is -0.609 e. The van der Waals surface area contributed by atoms with E-state index in [1.165, 1.54) is 25.3 Å². The Morgan fingerprint density at radius 1 is 1.45 bits per heavy atom. The molecule has 0 aromatic carbocycles. The van der Waals surface area contributed by atoms with Crippen molar-refractivity contribution >= 4 is 34.5 Å². The van der Waals surface area contributed by atoms with Crippen molar-refractivity contribution < 1.29 is 18.1 Å². The van der Waals surface area contributed by atoms with Crippen LogP contribution in [0.1, 0.15) is 21.7 Å². The van der Waals surface area contributed by atoms with Crippen molar-refractivity contribution in [3.63, 3.8) is 0 Å². The minimum absolute atomic E-state index is 0.0433. The Kier molecular flexibility index (Phi) is 5.66. The highest BCUT2D eigenvalue weighted by Crippen LogP contribution is 2.33. The summed E-state index contributed by atoms with van der Waals surface area (Å²) in [7, 11) is 2.99. The number of halogens is 3. The molecule has 154 valence electrons. The van der Waals surface area contributed by atoms with Crippen LogP contribution in [0.4, 0.5) is 14.6 Å². The first kappa shape index (κ1) is 21.2. The van der Waals surface area contributed by atoms with Gasteiger partial charge in [-0.05, 0) is 0 Å². The van der Waals surface area contributed by atoms with Crippen LogP contribution in [0, 0.1) is 11.3 Å². The fourth-order valence-electron chi connectivity index (χ4n) is 2.86. The topological polar surface area (TPSA) is 114 Å². The third-order valence-corrected chi connectivity index (χ3v) is 5.28. The molecule has 3 heterocycles. The second kappa shape index (κ2) is 7.74. The zero-order valence-corrected chi connectivity index (χ0v) is 17.3. The number of alkyl halides is 2. The SMILES string of the molecule is CN(C)C(=O)c1nn2c(c1Cl)CN(c1nc([S+](C)[O-])ncc1C#N)CC(F)(F)C2. The summed E-state index contributed by atoms with van der Waals surface area (Å²) in [5.41, 5.74) is 0.00209. The molecule has 0 aliphatic carbocycles. The molecule has 0 bridgehead atoms. The highest BCUT2D eigenvalue weighted by molar-refractivity contribution is 7.90. The van der Waals surface area contributed by atoms with Gasteiger partial charge in [0.15, 0.2) is 11.5 Å². The van der Waals surface area contributed by atoms with Gasteiger partial charge in [0.05, 0.1) is 30.0 Å². The molecule has 13 heteroatoms. The lowest BCUT2D eigenvalue weighted by Crippen LogP contribution is -2.37. The number of anilines is 1. The lowest BCUT2D eigenvalue weighted by molar-refractivity contribution is -0.00844. The summed E-state index contributed by atoms with van der Waals surface area (Å²) < 4.78 is 42.0. The average molecular weight is 444 g/mol. The number of nitrogens with zero attached hydrogens (tertiary/aromatic N) is 7. The Labute approximate surface area is 173 Å². The van der Waals surface area contributed by atoms with Crippen LogP contribution in [0.2, 0.25) is 5.02 Å². The number of rotatable bonds is 3. The number of fused-ring (bicyclic) bond motifs is 1. The van der Waals surface area contributed by atoms with Crippen LogP contribution in [0.25, 0.3) is 0 Å². The summed E-state index contributed by atoms with van der Waals surface area (Å²) in [6, 6.07) is 1.86. The number of nitriles is 1. The van der Waals surface area contributed by atoms with Gasteiger partial charge in [0, 0.05) is 25.3 Å². The van der Waals surface area contributed by atoms with E-state index in [0.29, 0.717) is 0 Å². The molecule has 1 aliphatic heterocycles. The summed E-state index contributed by atoms with van der Waals surface area (Å²) in [6.07, 6.45) is 2.48. The first-order chi connectivity index (χ1) is 13.5. The summed E-state index contributed by atoms with van der Waals surface area (Å²) in [5.74, 6) is -3.87. The normalized spacial score (nSPS) is 16.6. The van der Waals surface area contributed by atoms with Crippen LogP contribution >= 0.6 is 11.6 Å². The zero-order chi connectivity index (χ0) is 21.5. The van der Waals surface area contributed by atoms with Crippen molar-refractivity contribution in [3.8, 4) is 6.07 Å². The van der Waals surface area contributed by atoms with Gasteiger partial charge in [0.25, 0.3) is 11.8 Å². The van der Waals surface area contributed by atoms with Gasteiger partial charge in [0.2, 0.25) is 0 Å². The minimum atomic E-state index is -3.26. The Bertz CT molecular complexity index is 1010. The summed E-state index contributed by atoms with van der Waals surface area (Å²) >= 11 is 4.73. The molecule has 2 aromatic rings. The highest BCUT2D eigenvalue weighted by Gasteiger charge is 2.40. The molecule has 0 saturated heterocycles. The average Bonchev–Trinajstić information content (AvgIpc) is 2.86. The molecule has 1 aliphatic rings. The molecule has 2 aromatic heterocycles. The number of hydrogen-bond acceptors (Lipinski definition) is 7. The molecule has 0 saturated carbocycles. The monoisotopic (exact) mass is 443 g/mol. The molecule has 1 atom stereocenters. The Morgan fingerprint density at radius 2 is 2.14 bits per heavy atom. The Morgan fingerprint density at radius 3 is 2.72 bits per heavy atom. The van der Waals surface area contributed by atoms with Crippen LogP contribution in [0.15, 0.2) is 11.4 Å². The molecule has 0 fully saturated rings. The van der Waals surface area contributed by atoms with E-state index in [-0.39, 0.29) is 39.5 Å². The van der Waals surface area contributed by atoms with Crippen molar-refractivity contribution in [2.24, 2.45) is 0 Å². The zero-order valence-electron chi connectivity index (χ0n) is 15.7. The van der Waals surface area contributed by atoms with E-state index in [1.54, 1.807) is 0 Å². The van der Waals surface area contributed by atoms with E-state index in [0.717, 1.165) is 15.8 Å². The summed E-state index contributed by atoms with van der Waals surface area (Å²) in [5, 5.41) is 13.2. The first-order valence-electron chi connectivity index (χ1n) is 8.24. The van der Waals surface area contributed by atoms with Crippen LogP contribution in [0.3, 0.4) is 0 Å². The number of amides is 1. The number of aromatic nitrogens is 4. The first-order valence-corrected chi connectivity index (χ1v) is 10.2. The van der Waals surface area contributed by atoms with Gasteiger partial charge < -0.3 is 14.4 Å². The second-order valence-corrected chi connectivity index (χ2v) is 8.29. The van der Waals surface area contributed by atoms with E-state index >= 15 is 0 Å². The molecule has 3 rings (SSSR count). The van der Waals surface area contributed by atoms with Crippen molar-refractivity contribution in [2.75, 3.05) is 31.8 Å². The lowest BCUT2D eigenvalue weighted by atomic mass is 10.2. The summed E-state index contributed by atoms with van der Waals surface area (Å²) in [6.45, 7) is -1.74. The van der Waals surface area contributed by atoms with Crippen molar-refractivity contribution in [1.29, 1.82) is 5.26 Å². The predicted molar refractivity (Wildman–Crippen MR) is 100 cm³/mol. The van der Waals surface area contributed by atoms with Gasteiger partial charge in [-0.25, -0.2) is 8.78 Å². The van der Waals surface area contributed by atoms with Crippen LogP contribution < -0.4 is 4.90 Å². The third kappa shape index (κ3) is 4.12. The van der Waals surface area contributed by atoms with Crippen LogP contribution in [0.5, 0.6) is 0 Å². The molecule has 1 unspecified atom stereocenters. The fraction of sp³-hybridized carbons (Fsp3) is 0.438. The van der Waals surface area contributed by atoms with E-state index in [4.69, 9.17) is 11.6 Å². The molecule has 0 spiro atoms. The molecule has 1 amide bonds. The fourth-order valence-corrected chi connectivity index (χ4v) is 3.55. The van der Waals surface area contributed by atoms with Crippen molar-refractivity contribution in [3.05, 3.63) is 28.2 Å². The molecular formula is C16H16ClF2N7O2S. The Balaban J connectivity index is 2.12. The van der Waals surface area contributed by atoms with Gasteiger partial charge in [0.1, 0.15) is 24.4 Å². The van der Waals surface area contributed by atoms with Crippen molar-refractivity contribution in [1.82, 2.24) is 24.6 Å². The molecule has 0 radical (unpaired) electrons. The molecule has 29 heavy (non-hydrogen) atoms. The number of carbonyl (C=O) groups excluding carboxylic acids is 1. The highest BCUT2D eigenvalue weighted by atomic mass is 35.5. The van der Waals surface area contributed by atoms with Gasteiger partial charge in [-0.1, -0.05) is 11.6 Å². The van der Waals surface area contributed by atoms with Gasteiger partial charge >= 0.3 is 5.16 Å². The smallest absolute Gasteiger partial charge is 0.344 e. The van der Waals surface area contributed by atoms with Crippen LogP contribution in [-0.2, 0) is 24.3 Å².